The molecular formula is C11H21N3S. The molecule has 86 valence electrons. The quantitative estimate of drug-likeness (QED) is 0.745. The fraction of sp³-hybridized carbons (Fsp3) is 0.727. The van der Waals surface area contributed by atoms with Gasteiger partial charge in [-0.25, -0.2) is 4.98 Å². The number of thiazole rings is 1. The van der Waals surface area contributed by atoms with Gasteiger partial charge in [-0.15, -0.1) is 11.3 Å². The highest BCUT2D eigenvalue weighted by Gasteiger charge is 2.02. The number of rotatable bonds is 7. The number of nitrogens with zero attached hydrogens (tertiary/aromatic N) is 1. The van der Waals surface area contributed by atoms with E-state index in [4.69, 9.17) is 0 Å². The van der Waals surface area contributed by atoms with Crippen molar-refractivity contribution < 1.29 is 0 Å². The van der Waals surface area contributed by atoms with Gasteiger partial charge in [-0.05, 0) is 32.5 Å². The Morgan fingerprint density at radius 1 is 1.40 bits per heavy atom. The number of hydrogen-bond donors (Lipinski definition) is 2. The Morgan fingerprint density at radius 2 is 2.13 bits per heavy atom. The molecule has 1 heterocycles. The SMILES string of the molecule is CCNCC(C)CNCc1ncc(C)s1. The van der Waals surface area contributed by atoms with E-state index in [0.717, 1.165) is 26.2 Å². The Balaban J connectivity index is 2.10. The van der Waals surface area contributed by atoms with Crippen LogP contribution in [0.25, 0.3) is 0 Å². The number of aryl methyl sites for hydroxylation is 1. The summed E-state index contributed by atoms with van der Waals surface area (Å²) < 4.78 is 0. The lowest BCUT2D eigenvalue weighted by Gasteiger charge is -2.11. The van der Waals surface area contributed by atoms with E-state index in [1.165, 1.54) is 9.88 Å². The van der Waals surface area contributed by atoms with Crippen LogP contribution in [0, 0.1) is 12.8 Å². The zero-order chi connectivity index (χ0) is 11.1. The summed E-state index contributed by atoms with van der Waals surface area (Å²) >= 11 is 1.77. The van der Waals surface area contributed by atoms with Gasteiger partial charge in [0.05, 0.1) is 0 Å². The summed E-state index contributed by atoms with van der Waals surface area (Å²) in [4.78, 5) is 5.60. The van der Waals surface area contributed by atoms with Crippen LogP contribution in [-0.4, -0.2) is 24.6 Å². The van der Waals surface area contributed by atoms with Crippen molar-refractivity contribution >= 4 is 11.3 Å². The zero-order valence-electron chi connectivity index (χ0n) is 9.84. The lowest BCUT2D eigenvalue weighted by Crippen LogP contribution is -2.29. The van der Waals surface area contributed by atoms with Crippen LogP contribution in [0.4, 0.5) is 0 Å². The van der Waals surface area contributed by atoms with Crippen molar-refractivity contribution in [2.75, 3.05) is 19.6 Å². The van der Waals surface area contributed by atoms with E-state index in [2.05, 4.69) is 36.4 Å². The molecule has 0 saturated carbocycles. The van der Waals surface area contributed by atoms with Crippen LogP contribution in [0.15, 0.2) is 6.20 Å². The first-order valence-electron chi connectivity index (χ1n) is 5.55. The first kappa shape index (κ1) is 12.6. The minimum absolute atomic E-state index is 0.672. The van der Waals surface area contributed by atoms with Crippen LogP contribution in [0.1, 0.15) is 23.7 Å². The van der Waals surface area contributed by atoms with Crippen LogP contribution in [0.3, 0.4) is 0 Å². The molecule has 0 aliphatic rings. The van der Waals surface area contributed by atoms with E-state index in [9.17, 15) is 0 Å². The van der Waals surface area contributed by atoms with Crippen LogP contribution >= 0.6 is 11.3 Å². The summed E-state index contributed by atoms with van der Waals surface area (Å²) in [6.07, 6.45) is 1.93. The minimum Gasteiger partial charge on any atom is -0.317 e. The molecule has 4 heteroatoms. The molecule has 0 aromatic carbocycles. The van der Waals surface area contributed by atoms with Crippen molar-refractivity contribution in [3.8, 4) is 0 Å². The summed E-state index contributed by atoms with van der Waals surface area (Å²) in [5.41, 5.74) is 0. The molecule has 1 atom stereocenters. The van der Waals surface area contributed by atoms with E-state index in [0.29, 0.717) is 5.92 Å². The number of aromatic nitrogens is 1. The molecule has 1 unspecified atom stereocenters. The van der Waals surface area contributed by atoms with Gasteiger partial charge in [0.25, 0.3) is 0 Å². The summed E-state index contributed by atoms with van der Waals surface area (Å²) in [5.74, 6) is 0.672. The number of nitrogens with one attached hydrogen (secondary N) is 2. The molecule has 15 heavy (non-hydrogen) atoms. The molecule has 1 aromatic heterocycles. The molecule has 0 amide bonds. The topological polar surface area (TPSA) is 37.0 Å². The van der Waals surface area contributed by atoms with E-state index < -0.39 is 0 Å². The molecule has 0 bridgehead atoms. The standard InChI is InChI=1S/C11H21N3S/c1-4-12-5-9(2)6-13-8-11-14-7-10(3)15-11/h7,9,12-13H,4-6,8H2,1-3H3. The van der Waals surface area contributed by atoms with E-state index in [1.807, 2.05) is 6.20 Å². The van der Waals surface area contributed by atoms with E-state index in [1.54, 1.807) is 11.3 Å². The molecule has 0 saturated heterocycles. The second kappa shape index (κ2) is 6.93. The fourth-order valence-electron chi connectivity index (χ4n) is 1.37. The third-order valence-corrected chi connectivity index (χ3v) is 3.09. The maximum absolute atomic E-state index is 4.32. The molecule has 2 N–H and O–H groups in total. The lowest BCUT2D eigenvalue weighted by atomic mass is 10.2. The van der Waals surface area contributed by atoms with Gasteiger partial charge in [0.15, 0.2) is 0 Å². The average molecular weight is 227 g/mol. The maximum atomic E-state index is 4.32. The summed E-state index contributed by atoms with van der Waals surface area (Å²) in [6.45, 7) is 10.6. The highest BCUT2D eigenvalue weighted by atomic mass is 32.1. The van der Waals surface area contributed by atoms with Crippen LogP contribution in [0.2, 0.25) is 0 Å². The normalized spacial score (nSPS) is 13.0. The van der Waals surface area contributed by atoms with Crippen LogP contribution in [-0.2, 0) is 6.54 Å². The molecular weight excluding hydrogens is 206 g/mol. The largest absolute Gasteiger partial charge is 0.317 e. The predicted molar refractivity (Wildman–Crippen MR) is 66.3 cm³/mol. The van der Waals surface area contributed by atoms with Crippen LogP contribution in [0.5, 0.6) is 0 Å². The van der Waals surface area contributed by atoms with Crippen molar-refractivity contribution in [2.24, 2.45) is 5.92 Å². The van der Waals surface area contributed by atoms with Gasteiger partial charge in [0.2, 0.25) is 0 Å². The fourth-order valence-corrected chi connectivity index (χ4v) is 2.13. The van der Waals surface area contributed by atoms with Crippen molar-refractivity contribution in [1.82, 2.24) is 15.6 Å². The third kappa shape index (κ3) is 5.25. The molecule has 3 nitrogen and oxygen atoms in total. The molecule has 1 rings (SSSR count). The van der Waals surface area contributed by atoms with E-state index >= 15 is 0 Å². The van der Waals surface area contributed by atoms with Gasteiger partial charge in [-0.1, -0.05) is 13.8 Å². The van der Waals surface area contributed by atoms with Gasteiger partial charge >= 0.3 is 0 Å². The van der Waals surface area contributed by atoms with Gasteiger partial charge < -0.3 is 10.6 Å². The predicted octanol–water partition coefficient (Wildman–Crippen LogP) is 1.79. The van der Waals surface area contributed by atoms with Gasteiger partial charge in [0.1, 0.15) is 5.01 Å². The van der Waals surface area contributed by atoms with Gasteiger partial charge in [0, 0.05) is 17.6 Å². The Morgan fingerprint density at radius 3 is 2.73 bits per heavy atom. The van der Waals surface area contributed by atoms with E-state index in [-0.39, 0.29) is 0 Å². The monoisotopic (exact) mass is 227 g/mol. The van der Waals surface area contributed by atoms with Crippen molar-refractivity contribution in [2.45, 2.75) is 27.3 Å². The molecule has 0 radical (unpaired) electrons. The number of hydrogen-bond acceptors (Lipinski definition) is 4. The second-order valence-corrected chi connectivity index (χ2v) is 5.23. The third-order valence-electron chi connectivity index (χ3n) is 2.18. The molecule has 0 spiro atoms. The summed E-state index contributed by atoms with van der Waals surface area (Å²) in [5, 5.41) is 7.96. The molecule has 0 fully saturated rings. The molecule has 0 aliphatic carbocycles. The first-order valence-corrected chi connectivity index (χ1v) is 6.36. The first-order chi connectivity index (χ1) is 7.22. The Kier molecular flexibility index (Phi) is 5.83. The van der Waals surface area contributed by atoms with Crippen molar-refractivity contribution in [1.29, 1.82) is 0 Å². The summed E-state index contributed by atoms with van der Waals surface area (Å²) in [7, 11) is 0. The Labute approximate surface area is 96.3 Å². The van der Waals surface area contributed by atoms with Gasteiger partial charge in [-0.3, -0.25) is 0 Å². The Hall–Kier alpha value is -0.450. The maximum Gasteiger partial charge on any atom is 0.107 e. The zero-order valence-corrected chi connectivity index (χ0v) is 10.7. The second-order valence-electron chi connectivity index (χ2n) is 3.91. The van der Waals surface area contributed by atoms with Crippen molar-refractivity contribution in [3.63, 3.8) is 0 Å². The average Bonchev–Trinajstić information content (AvgIpc) is 2.61. The lowest BCUT2D eigenvalue weighted by molar-refractivity contribution is 0.479. The summed E-state index contributed by atoms with van der Waals surface area (Å²) in [6, 6.07) is 0. The highest BCUT2D eigenvalue weighted by molar-refractivity contribution is 7.11. The molecule has 1 aromatic rings. The minimum atomic E-state index is 0.672. The highest BCUT2D eigenvalue weighted by Crippen LogP contribution is 2.10. The van der Waals surface area contributed by atoms with Crippen LogP contribution < -0.4 is 10.6 Å². The molecule has 0 aliphatic heterocycles. The van der Waals surface area contributed by atoms with Crippen molar-refractivity contribution in [3.05, 3.63) is 16.1 Å². The smallest absolute Gasteiger partial charge is 0.107 e. The Bertz CT molecular complexity index is 273. The van der Waals surface area contributed by atoms with Gasteiger partial charge in [-0.2, -0.15) is 0 Å².